The van der Waals surface area contributed by atoms with Crippen molar-refractivity contribution in [2.45, 2.75) is 6.54 Å². The van der Waals surface area contributed by atoms with Gasteiger partial charge in [-0.15, -0.1) is 17.8 Å². The number of nitrogens with one attached hydrogen (secondary N) is 1. The molecule has 0 aliphatic rings. The highest BCUT2D eigenvalue weighted by molar-refractivity contribution is 7.16. The maximum absolute atomic E-state index is 11.6. The monoisotopic (exact) mass is 256 g/mol. The lowest BCUT2D eigenvalue weighted by molar-refractivity contribution is -0.129. The molecule has 0 radical (unpaired) electrons. The first-order valence-corrected chi connectivity index (χ1v) is 5.95. The predicted molar refractivity (Wildman–Crippen MR) is 67.5 cm³/mol. The largest absolute Gasteiger partial charge is 0.340 e. The van der Waals surface area contributed by atoms with E-state index in [1.54, 1.807) is 11.9 Å². The standard InChI is InChI=1S/C11H13ClN2OS/c1-3-6-13-7-11(15)14(2)8-9-4-5-10(12)16-9/h1,4-5,13H,6-8H2,2H3. The van der Waals surface area contributed by atoms with Crippen LogP contribution in [0.1, 0.15) is 4.88 Å². The van der Waals surface area contributed by atoms with Gasteiger partial charge in [0, 0.05) is 11.9 Å². The summed E-state index contributed by atoms with van der Waals surface area (Å²) in [5.74, 6) is 2.43. The van der Waals surface area contributed by atoms with E-state index in [1.807, 2.05) is 12.1 Å². The van der Waals surface area contributed by atoms with Crippen molar-refractivity contribution in [1.82, 2.24) is 10.2 Å². The topological polar surface area (TPSA) is 32.3 Å². The van der Waals surface area contributed by atoms with Crippen molar-refractivity contribution in [3.8, 4) is 12.3 Å². The van der Waals surface area contributed by atoms with E-state index in [-0.39, 0.29) is 12.5 Å². The number of carbonyl (C=O) groups is 1. The number of hydrogen-bond donors (Lipinski definition) is 1. The SMILES string of the molecule is C#CCNCC(=O)N(C)Cc1ccc(Cl)s1. The van der Waals surface area contributed by atoms with Crippen LogP contribution in [0.5, 0.6) is 0 Å². The van der Waals surface area contributed by atoms with Gasteiger partial charge in [0.1, 0.15) is 0 Å². The van der Waals surface area contributed by atoms with Crippen LogP contribution in [0.2, 0.25) is 4.34 Å². The molecular weight excluding hydrogens is 244 g/mol. The number of hydrogen-bond acceptors (Lipinski definition) is 3. The maximum Gasteiger partial charge on any atom is 0.236 e. The van der Waals surface area contributed by atoms with Crippen LogP contribution < -0.4 is 5.32 Å². The van der Waals surface area contributed by atoms with Crippen molar-refractivity contribution in [3.63, 3.8) is 0 Å². The second-order valence-electron chi connectivity index (χ2n) is 3.26. The van der Waals surface area contributed by atoms with Crippen LogP contribution in [0, 0.1) is 12.3 Å². The minimum atomic E-state index is 0.0137. The van der Waals surface area contributed by atoms with Gasteiger partial charge < -0.3 is 4.90 Å². The number of likely N-dealkylation sites (N-methyl/N-ethyl adjacent to an activating group) is 1. The Morgan fingerprint density at radius 3 is 3.00 bits per heavy atom. The number of amides is 1. The minimum Gasteiger partial charge on any atom is -0.340 e. The molecule has 0 aliphatic heterocycles. The van der Waals surface area contributed by atoms with E-state index < -0.39 is 0 Å². The maximum atomic E-state index is 11.6. The molecule has 0 spiro atoms. The first kappa shape index (κ1) is 13.0. The number of carbonyl (C=O) groups excluding carboxylic acids is 1. The van der Waals surface area contributed by atoms with Crippen molar-refractivity contribution in [1.29, 1.82) is 0 Å². The molecule has 86 valence electrons. The quantitative estimate of drug-likeness (QED) is 0.641. The highest BCUT2D eigenvalue weighted by Crippen LogP contribution is 2.22. The highest BCUT2D eigenvalue weighted by atomic mass is 35.5. The third kappa shape index (κ3) is 4.23. The molecule has 0 saturated carbocycles. The summed E-state index contributed by atoms with van der Waals surface area (Å²) in [6.07, 6.45) is 5.07. The van der Waals surface area contributed by atoms with Crippen LogP contribution in [0.3, 0.4) is 0 Å². The van der Waals surface area contributed by atoms with Gasteiger partial charge in [-0.3, -0.25) is 10.1 Å². The zero-order valence-electron chi connectivity index (χ0n) is 9.00. The summed E-state index contributed by atoms with van der Waals surface area (Å²) in [5, 5.41) is 2.86. The molecule has 0 aliphatic carbocycles. The fourth-order valence-electron chi connectivity index (χ4n) is 1.14. The van der Waals surface area contributed by atoms with E-state index in [1.165, 1.54) is 11.3 Å². The lowest BCUT2D eigenvalue weighted by Gasteiger charge is -2.16. The van der Waals surface area contributed by atoms with Gasteiger partial charge in [-0.05, 0) is 12.1 Å². The molecule has 0 atom stereocenters. The zero-order chi connectivity index (χ0) is 12.0. The Labute approximate surface area is 104 Å². The second kappa shape index (κ2) is 6.54. The molecule has 1 rings (SSSR count). The van der Waals surface area contributed by atoms with Gasteiger partial charge in [0.2, 0.25) is 5.91 Å². The summed E-state index contributed by atoms with van der Waals surface area (Å²) in [7, 11) is 1.76. The Kier molecular flexibility index (Phi) is 5.33. The van der Waals surface area contributed by atoms with E-state index in [0.717, 1.165) is 9.21 Å². The van der Waals surface area contributed by atoms with Crippen LogP contribution in [0.4, 0.5) is 0 Å². The summed E-state index contributed by atoms with van der Waals surface area (Å²) in [6, 6.07) is 3.75. The summed E-state index contributed by atoms with van der Waals surface area (Å²) < 4.78 is 0.737. The fourth-order valence-corrected chi connectivity index (χ4v) is 2.28. The van der Waals surface area contributed by atoms with Crippen LogP contribution in [0.15, 0.2) is 12.1 Å². The molecule has 0 aromatic carbocycles. The number of nitrogens with zero attached hydrogens (tertiary/aromatic N) is 1. The van der Waals surface area contributed by atoms with Gasteiger partial charge in [0.05, 0.1) is 24.0 Å². The van der Waals surface area contributed by atoms with Gasteiger partial charge in [0.25, 0.3) is 0 Å². The van der Waals surface area contributed by atoms with Crippen molar-refractivity contribution in [2.75, 3.05) is 20.1 Å². The smallest absolute Gasteiger partial charge is 0.236 e. The van der Waals surface area contributed by atoms with Crippen molar-refractivity contribution < 1.29 is 4.79 Å². The molecule has 1 aromatic rings. The summed E-state index contributed by atoms with van der Waals surface area (Å²) >= 11 is 7.29. The number of halogens is 1. The first-order valence-electron chi connectivity index (χ1n) is 4.76. The molecule has 1 amide bonds. The number of thiophene rings is 1. The lowest BCUT2D eigenvalue weighted by atomic mass is 10.4. The predicted octanol–water partition coefficient (Wildman–Crippen LogP) is 1.58. The zero-order valence-corrected chi connectivity index (χ0v) is 10.6. The van der Waals surface area contributed by atoms with Crippen molar-refractivity contribution in [2.24, 2.45) is 0 Å². The van der Waals surface area contributed by atoms with Crippen LogP contribution >= 0.6 is 22.9 Å². The third-order valence-electron chi connectivity index (χ3n) is 1.95. The Bertz CT molecular complexity index is 397. The third-order valence-corrected chi connectivity index (χ3v) is 3.17. The molecule has 0 saturated heterocycles. The van der Waals surface area contributed by atoms with Crippen LogP contribution in [-0.2, 0) is 11.3 Å². The normalized spacial score (nSPS) is 9.81. The second-order valence-corrected chi connectivity index (χ2v) is 5.06. The molecular formula is C11H13ClN2OS. The fraction of sp³-hybridized carbons (Fsp3) is 0.364. The average Bonchev–Trinajstić information content (AvgIpc) is 2.64. The average molecular weight is 257 g/mol. The number of rotatable bonds is 5. The van der Waals surface area contributed by atoms with Gasteiger partial charge >= 0.3 is 0 Å². The van der Waals surface area contributed by atoms with Gasteiger partial charge in [-0.25, -0.2) is 0 Å². The lowest BCUT2D eigenvalue weighted by Crippen LogP contribution is -2.35. The molecule has 0 unspecified atom stereocenters. The van der Waals surface area contributed by atoms with E-state index in [2.05, 4.69) is 11.2 Å². The molecule has 16 heavy (non-hydrogen) atoms. The van der Waals surface area contributed by atoms with Gasteiger partial charge in [-0.2, -0.15) is 0 Å². The molecule has 1 aromatic heterocycles. The summed E-state index contributed by atoms with van der Waals surface area (Å²) in [5.41, 5.74) is 0. The number of terminal acetylenes is 1. The minimum absolute atomic E-state index is 0.0137. The Morgan fingerprint density at radius 2 is 2.44 bits per heavy atom. The Hall–Kier alpha value is -1.02. The Balaban J connectivity index is 2.37. The molecule has 3 nitrogen and oxygen atoms in total. The van der Waals surface area contributed by atoms with E-state index in [4.69, 9.17) is 18.0 Å². The summed E-state index contributed by atoms with van der Waals surface area (Å²) in [6.45, 7) is 1.25. The van der Waals surface area contributed by atoms with E-state index in [9.17, 15) is 4.79 Å². The highest BCUT2D eigenvalue weighted by Gasteiger charge is 2.09. The van der Waals surface area contributed by atoms with Gasteiger partial charge in [-0.1, -0.05) is 17.5 Å². The van der Waals surface area contributed by atoms with Gasteiger partial charge in [0.15, 0.2) is 0 Å². The van der Waals surface area contributed by atoms with Crippen molar-refractivity contribution in [3.05, 3.63) is 21.3 Å². The molecule has 5 heteroatoms. The van der Waals surface area contributed by atoms with Crippen LogP contribution in [0.25, 0.3) is 0 Å². The van der Waals surface area contributed by atoms with Crippen molar-refractivity contribution >= 4 is 28.8 Å². The van der Waals surface area contributed by atoms with E-state index >= 15 is 0 Å². The van der Waals surface area contributed by atoms with E-state index in [0.29, 0.717) is 13.1 Å². The molecule has 0 fully saturated rings. The molecule has 0 bridgehead atoms. The molecule has 1 N–H and O–H groups in total. The molecule has 1 heterocycles. The Morgan fingerprint density at radius 1 is 1.69 bits per heavy atom. The first-order chi connectivity index (χ1) is 7.63. The van der Waals surface area contributed by atoms with Crippen LogP contribution in [-0.4, -0.2) is 30.9 Å². The summed E-state index contributed by atoms with van der Waals surface area (Å²) in [4.78, 5) is 14.3.